The average molecular weight is 229 g/mol. The third-order valence-corrected chi connectivity index (χ3v) is 3.77. The Labute approximate surface area is 99.8 Å². The van der Waals surface area contributed by atoms with Gasteiger partial charge in [-0.3, -0.25) is 9.80 Å². The van der Waals surface area contributed by atoms with E-state index in [1.165, 1.54) is 26.2 Å². The fourth-order valence-corrected chi connectivity index (χ4v) is 1.79. The molecule has 4 nitrogen and oxygen atoms in total. The molecule has 1 fully saturated rings. The molecule has 1 heterocycles. The number of hydrogen-bond acceptors (Lipinski definition) is 4. The molecule has 96 valence electrons. The molecule has 1 rings (SSSR count). The largest absolute Gasteiger partial charge is 0.394 e. The summed E-state index contributed by atoms with van der Waals surface area (Å²) in [6, 6.07) is 0. The molecule has 0 aromatic rings. The third kappa shape index (κ3) is 4.01. The van der Waals surface area contributed by atoms with Gasteiger partial charge in [-0.1, -0.05) is 0 Å². The Bertz CT molecular complexity index is 200. The van der Waals surface area contributed by atoms with Gasteiger partial charge in [0, 0.05) is 44.8 Å². The van der Waals surface area contributed by atoms with Crippen molar-refractivity contribution in [3.05, 3.63) is 0 Å². The predicted molar refractivity (Wildman–Crippen MR) is 67.7 cm³/mol. The van der Waals surface area contributed by atoms with Crippen LogP contribution in [-0.2, 0) is 0 Å². The van der Waals surface area contributed by atoms with E-state index in [0.717, 1.165) is 13.1 Å². The molecule has 0 amide bonds. The zero-order valence-electron chi connectivity index (χ0n) is 11.2. The van der Waals surface area contributed by atoms with E-state index in [-0.39, 0.29) is 12.1 Å². The normalized spacial score (nSPS) is 20.6. The fourth-order valence-electron chi connectivity index (χ4n) is 1.79. The topological polar surface area (TPSA) is 30.0 Å². The molecule has 0 bridgehead atoms. The number of aliphatic hydroxyl groups excluding tert-OH is 1. The molecule has 1 aliphatic heterocycles. The van der Waals surface area contributed by atoms with Crippen molar-refractivity contribution in [2.75, 3.05) is 60.0 Å². The van der Waals surface area contributed by atoms with Crippen molar-refractivity contribution >= 4 is 0 Å². The van der Waals surface area contributed by atoms with E-state index >= 15 is 0 Å². The Morgan fingerprint density at radius 3 is 2.25 bits per heavy atom. The monoisotopic (exact) mass is 229 g/mol. The van der Waals surface area contributed by atoms with Crippen LogP contribution in [0.25, 0.3) is 0 Å². The van der Waals surface area contributed by atoms with Crippen molar-refractivity contribution < 1.29 is 5.11 Å². The highest BCUT2D eigenvalue weighted by Crippen LogP contribution is 2.10. The Kier molecular flexibility index (Phi) is 5.18. The lowest BCUT2D eigenvalue weighted by Gasteiger charge is -2.37. The van der Waals surface area contributed by atoms with Gasteiger partial charge in [-0.05, 0) is 27.9 Å². The smallest absolute Gasteiger partial charge is 0.0609 e. The van der Waals surface area contributed by atoms with Gasteiger partial charge in [0.25, 0.3) is 0 Å². The third-order valence-electron chi connectivity index (χ3n) is 3.77. The average Bonchev–Trinajstić information content (AvgIpc) is 2.28. The molecule has 0 radical (unpaired) electrons. The van der Waals surface area contributed by atoms with Crippen LogP contribution in [-0.4, -0.2) is 85.3 Å². The summed E-state index contributed by atoms with van der Waals surface area (Å²) in [5.74, 6) is 0. The van der Waals surface area contributed by atoms with Crippen LogP contribution in [0.5, 0.6) is 0 Å². The quantitative estimate of drug-likeness (QED) is 0.715. The second kappa shape index (κ2) is 5.96. The van der Waals surface area contributed by atoms with Crippen molar-refractivity contribution in [3.63, 3.8) is 0 Å². The van der Waals surface area contributed by atoms with Gasteiger partial charge in [-0.2, -0.15) is 0 Å². The SMILES string of the molecule is CN1CCN(CCN(C)C(C)(C)CO)CC1. The van der Waals surface area contributed by atoms with Gasteiger partial charge in [-0.25, -0.2) is 0 Å². The molecule has 1 N–H and O–H groups in total. The van der Waals surface area contributed by atoms with Crippen LogP contribution in [0.4, 0.5) is 0 Å². The second-order valence-electron chi connectivity index (χ2n) is 5.54. The summed E-state index contributed by atoms with van der Waals surface area (Å²) >= 11 is 0. The number of nitrogens with zero attached hydrogens (tertiary/aromatic N) is 3. The number of likely N-dealkylation sites (N-methyl/N-ethyl adjacent to an activating group) is 2. The molecular formula is C12H27N3O. The second-order valence-corrected chi connectivity index (χ2v) is 5.54. The predicted octanol–water partition coefficient (Wildman–Crippen LogP) is -0.0635. The Hall–Kier alpha value is -0.160. The Morgan fingerprint density at radius 1 is 1.19 bits per heavy atom. The molecule has 0 saturated carbocycles. The summed E-state index contributed by atoms with van der Waals surface area (Å²) < 4.78 is 0. The lowest BCUT2D eigenvalue weighted by Crippen LogP contribution is -2.50. The fraction of sp³-hybridized carbons (Fsp3) is 1.00. The molecule has 0 aliphatic carbocycles. The molecule has 16 heavy (non-hydrogen) atoms. The molecule has 1 aliphatic rings. The van der Waals surface area contributed by atoms with Crippen LogP contribution in [0.15, 0.2) is 0 Å². The maximum atomic E-state index is 9.27. The molecule has 0 aromatic heterocycles. The van der Waals surface area contributed by atoms with Gasteiger partial charge in [0.15, 0.2) is 0 Å². The summed E-state index contributed by atoms with van der Waals surface area (Å²) in [6.07, 6.45) is 0. The lowest BCUT2D eigenvalue weighted by atomic mass is 10.1. The van der Waals surface area contributed by atoms with Gasteiger partial charge in [0.1, 0.15) is 0 Å². The Balaban J connectivity index is 2.24. The van der Waals surface area contributed by atoms with Gasteiger partial charge in [-0.15, -0.1) is 0 Å². The lowest BCUT2D eigenvalue weighted by molar-refractivity contribution is 0.0625. The molecule has 4 heteroatoms. The van der Waals surface area contributed by atoms with Crippen molar-refractivity contribution in [2.24, 2.45) is 0 Å². The van der Waals surface area contributed by atoms with E-state index in [1.54, 1.807) is 0 Å². The zero-order valence-corrected chi connectivity index (χ0v) is 11.2. The summed E-state index contributed by atoms with van der Waals surface area (Å²) in [6.45, 7) is 11.2. The maximum Gasteiger partial charge on any atom is 0.0609 e. The van der Waals surface area contributed by atoms with E-state index in [1.807, 2.05) is 0 Å². The molecule has 1 saturated heterocycles. The van der Waals surface area contributed by atoms with Crippen molar-refractivity contribution in [1.82, 2.24) is 14.7 Å². The molecule has 0 unspecified atom stereocenters. The number of rotatable bonds is 5. The highest BCUT2D eigenvalue weighted by atomic mass is 16.3. The van der Waals surface area contributed by atoms with E-state index in [9.17, 15) is 5.11 Å². The first-order chi connectivity index (χ1) is 7.45. The zero-order chi connectivity index (χ0) is 12.2. The van der Waals surface area contributed by atoms with Crippen LogP contribution < -0.4 is 0 Å². The minimum absolute atomic E-state index is 0.105. The number of aliphatic hydroxyl groups is 1. The molecule has 0 spiro atoms. The summed E-state index contributed by atoms with van der Waals surface area (Å²) in [4.78, 5) is 7.12. The van der Waals surface area contributed by atoms with Gasteiger partial charge in [0.05, 0.1) is 6.61 Å². The van der Waals surface area contributed by atoms with Gasteiger partial charge >= 0.3 is 0 Å². The standard InChI is InChI=1S/C12H27N3O/c1-12(2,11-16)14(4)7-10-15-8-5-13(3)6-9-15/h16H,5-11H2,1-4H3. The van der Waals surface area contributed by atoms with Crippen LogP contribution in [0.3, 0.4) is 0 Å². The minimum atomic E-state index is -0.105. The number of hydrogen-bond donors (Lipinski definition) is 1. The van der Waals surface area contributed by atoms with Crippen LogP contribution >= 0.6 is 0 Å². The highest BCUT2D eigenvalue weighted by Gasteiger charge is 2.23. The van der Waals surface area contributed by atoms with Crippen molar-refractivity contribution in [3.8, 4) is 0 Å². The van der Waals surface area contributed by atoms with E-state index in [4.69, 9.17) is 0 Å². The Morgan fingerprint density at radius 2 is 1.75 bits per heavy atom. The first-order valence-electron chi connectivity index (χ1n) is 6.19. The molecular weight excluding hydrogens is 202 g/mol. The summed E-state index contributed by atoms with van der Waals surface area (Å²) in [5.41, 5.74) is -0.105. The first-order valence-corrected chi connectivity index (χ1v) is 6.19. The van der Waals surface area contributed by atoms with E-state index < -0.39 is 0 Å². The number of piperazine rings is 1. The summed E-state index contributed by atoms with van der Waals surface area (Å²) in [5, 5.41) is 9.27. The summed E-state index contributed by atoms with van der Waals surface area (Å²) in [7, 11) is 4.27. The molecule has 0 aromatic carbocycles. The molecule has 0 atom stereocenters. The maximum absolute atomic E-state index is 9.27. The van der Waals surface area contributed by atoms with Crippen LogP contribution in [0, 0.1) is 0 Å². The van der Waals surface area contributed by atoms with Crippen molar-refractivity contribution in [1.29, 1.82) is 0 Å². The highest BCUT2D eigenvalue weighted by molar-refractivity contribution is 4.79. The van der Waals surface area contributed by atoms with Gasteiger partial charge < -0.3 is 10.0 Å². The first kappa shape index (κ1) is 13.9. The van der Waals surface area contributed by atoms with Crippen molar-refractivity contribution in [2.45, 2.75) is 19.4 Å². The van der Waals surface area contributed by atoms with E-state index in [0.29, 0.717) is 0 Å². The van der Waals surface area contributed by atoms with Crippen LogP contribution in [0.2, 0.25) is 0 Å². The van der Waals surface area contributed by atoms with E-state index in [2.05, 4.69) is 42.6 Å². The van der Waals surface area contributed by atoms with Gasteiger partial charge in [0.2, 0.25) is 0 Å². The van der Waals surface area contributed by atoms with Crippen LogP contribution in [0.1, 0.15) is 13.8 Å². The minimum Gasteiger partial charge on any atom is -0.394 e.